The maximum Gasteiger partial charge on any atom is 0.326 e. The number of rotatable bonds is 7. The Morgan fingerprint density at radius 3 is 2.50 bits per heavy atom. The van der Waals surface area contributed by atoms with Gasteiger partial charge in [-0.05, 0) is 36.2 Å². The first-order valence-electron chi connectivity index (χ1n) is 7.84. The smallest absolute Gasteiger partial charge is 0.326 e. The van der Waals surface area contributed by atoms with Crippen molar-refractivity contribution in [1.82, 2.24) is 5.32 Å². The summed E-state index contributed by atoms with van der Waals surface area (Å²) in [5.74, 6) is -2.90. The second kappa shape index (κ2) is 9.01. The zero-order valence-electron chi connectivity index (χ0n) is 14.0. The SMILES string of the molecule is CNc1ccc(/C=C/CC(NC(=O)c2c(F)cccc2Cl)C(=O)O)cc1. The molecule has 1 atom stereocenters. The molecule has 0 aromatic heterocycles. The van der Waals surface area contributed by atoms with Crippen LogP contribution in [0.15, 0.2) is 48.5 Å². The highest BCUT2D eigenvalue weighted by atomic mass is 35.5. The van der Waals surface area contributed by atoms with Gasteiger partial charge in [-0.25, -0.2) is 9.18 Å². The summed E-state index contributed by atoms with van der Waals surface area (Å²) in [4.78, 5) is 23.6. The lowest BCUT2D eigenvalue weighted by atomic mass is 10.1. The van der Waals surface area contributed by atoms with Crippen molar-refractivity contribution in [3.8, 4) is 0 Å². The van der Waals surface area contributed by atoms with E-state index in [0.717, 1.165) is 17.3 Å². The number of carboxylic acids is 1. The van der Waals surface area contributed by atoms with Crippen LogP contribution in [0.25, 0.3) is 6.08 Å². The summed E-state index contributed by atoms with van der Waals surface area (Å²) < 4.78 is 13.8. The molecule has 1 amide bonds. The number of amides is 1. The van der Waals surface area contributed by atoms with Crippen LogP contribution in [-0.2, 0) is 4.79 Å². The van der Waals surface area contributed by atoms with Gasteiger partial charge < -0.3 is 15.7 Å². The Morgan fingerprint density at radius 2 is 1.92 bits per heavy atom. The monoisotopic (exact) mass is 376 g/mol. The van der Waals surface area contributed by atoms with Gasteiger partial charge in [-0.3, -0.25) is 4.79 Å². The average molecular weight is 377 g/mol. The first-order valence-corrected chi connectivity index (χ1v) is 8.22. The van der Waals surface area contributed by atoms with Crippen LogP contribution in [-0.4, -0.2) is 30.1 Å². The molecule has 5 nitrogen and oxygen atoms in total. The molecule has 0 saturated heterocycles. The van der Waals surface area contributed by atoms with Crippen molar-refractivity contribution in [2.24, 2.45) is 0 Å². The third kappa shape index (κ3) is 5.07. The van der Waals surface area contributed by atoms with E-state index >= 15 is 0 Å². The maximum atomic E-state index is 13.8. The molecular formula is C19H18ClFN2O3. The van der Waals surface area contributed by atoms with Crippen molar-refractivity contribution in [2.45, 2.75) is 12.5 Å². The minimum Gasteiger partial charge on any atom is -0.480 e. The summed E-state index contributed by atoms with van der Waals surface area (Å²) >= 11 is 5.83. The first kappa shape index (κ1) is 19.5. The number of benzene rings is 2. The highest BCUT2D eigenvalue weighted by Gasteiger charge is 2.22. The maximum absolute atomic E-state index is 13.8. The summed E-state index contributed by atoms with van der Waals surface area (Å²) in [5, 5.41) is 14.5. The Balaban J connectivity index is 2.05. The predicted octanol–water partition coefficient (Wildman–Crippen LogP) is 3.81. The molecule has 0 fully saturated rings. The van der Waals surface area contributed by atoms with Gasteiger partial charge in [-0.1, -0.05) is 42.0 Å². The number of aliphatic carboxylic acids is 1. The van der Waals surface area contributed by atoms with Crippen LogP contribution in [0.2, 0.25) is 5.02 Å². The molecule has 0 saturated carbocycles. The molecule has 0 aliphatic rings. The van der Waals surface area contributed by atoms with Crippen molar-refractivity contribution in [2.75, 3.05) is 12.4 Å². The lowest BCUT2D eigenvalue weighted by Crippen LogP contribution is -2.40. The molecule has 0 spiro atoms. The van der Waals surface area contributed by atoms with Crippen LogP contribution in [0.5, 0.6) is 0 Å². The molecule has 7 heteroatoms. The van der Waals surface area contributed by atoms with E-state index < -0.39 is 23.7 Å². The predicted molar refractivity (Wildman–Crippen MR) is 99.9 cm³/mol. The molecular weight excluding hydrogens is 359 g/mol. The van der Waals surface area contributed by atoms with Gasteiger partial charge >= 0.3 is 5.97 Å². The molecule has 2 aromatic carbocycles. The Hall–Kier alpha value is -2.86. The van der Waals surface area contributed by atoms with Gasteiger partial charge in [0.05, 0.1) is 10.6 Å². The fourth-order valence-corrected chi connectivity index (χ4v) is 2.52. The fourth-order valence-electron chi connectivity index (χ4n) is 2.27. The van der Waals surface area contributed by atoms with Crippen LogP contribution < -0.4 is 10.6 Å². The lowest BCUT2D eigenvalue weighted by Gasteiger charge is -2.13. The molecule has 0 heterocycles. The largest absolute Gasteiger partial charge is 0.480 e. The molecule has 2 aromatic rings. The zero-order chi connectivity index (χ0) is 19.1. The number of nitrogens with one attached hydrogen (secondary N) is 2. The normalized spacial score (nSPS) is 12.0. The zero-order valence-corrected chi connectivity index (χ0v) is 14.8. The van der Waals surface area contributed by atoms with Gasteiger partial charge in [-0.15, -0.1) is 0 Å². The average Bonchev–Trinajstić information content (AvgIpc) is 2.61. The van der Waals surface area contributed by atoms with E-state index in [0.29, 0.717) is 0 Å². The molecule has 0 aliphatic heterocycles. The van der Waals surface area contributed by atoms with Crippen molar-refractivity contribution < 1.29 is 19.1 Å². The number of anilines is 1. The third-order valence-corrected chi connectivity index (χ3v) is 3.99. The van der Waals surface area contributed by atoms with Crippen LogP contribution >= 0.6 is 11.6 Å². The molecule has 136 valence electrons. The van der Waals surface area contributed by atoms with Crippen molar-refractivity contribution in [1.29, 1.82) is 0 Å². The van der Waals surface area contributed by atoms with Crippen LogP contribution in [0, 0.1) is 5.82 Å². The van der Waals surface area contributed by atoms with Gasteiger partial charge in [0.15, 0.2) is 0 Å². The third-order valence-electron chi connectivity index (χ3n) is 3.67. The van der Waals surface area contributed by atoms with E-state index in [-0.39, 0.29) is 17.0 Å². The molecule has 0 radical (unpaired) electrons. The summed E-state index contributed by atoms with van der Waals surface area (Å²) in [6.45, 7) is 0. The van der Waals surface area contributed by atoms with Gasteiger partial charge in [0.25, 0.3) is 5.91 Å². The van der Waals surface area contributed by atoms with Crippen LogP contribution in [0.3, 0.4) is 0 Å². The van der Waals surface area contributed by atoms with Gasteiger partial charge in [0.2, 0.25) is 0 Å². The molecule has 0 bridgehead atoms. The summed E-state index contributed by atoms with van der Waals surface area (Å²) in [6.07, 6.45) is 3.43. The molecule has 0 aliphatic carbocycles. The number of hydrogen-bond donors (Lipinski definition) is 3. The standard InChI is InChI=1S/C19H18ClFN2O3/c1-22-13-10-8-12(9-11-13)4-2-7-16(19(25)26)23-18(24)17-14(20)5-3-6-15(17)21/h2-6,8-11,16,22H,7H2,1H3,(H,23,24)(H,25,26)/b4-2+. The van der Waals surface area contributed by atoms with Gasteiger partial charge in [0, 0.05) is 12.7 Å². The summed E-state index contributed by atoms with van der Waals surface area (Å²) in [5.41, 5.74) is 1.48. The van der Waals surface area contributed by atoms with Crippen LogP contribution in [0.4, 0.5) is 10.1 Å². The molecule has 1 unspecified atom stereocenters. The van der Waals surface area contributed by atoms with Crippen LogP contribution in [0.1, 0.15) is 22.3 Å². The second-order valence-corrected chi connectivity index (χ2v) is 5.88. The number of hydrogen-bond acceptors (Lipinski definition) is 3. The van der Waals surface area contributed by atoms with Crippen molar-refractivity contribution >= 4 is 35.2 Å². The minimum atomic E-state index is -1.22. The van der Waals surface area contributed by atoms with E-state index in [2.05, 4.69) is 10.6 Å². The first-order chi connectivity index (χ1) is 12.4. The molecule has 2 rings (SSSR count). The number of carbonyl (C=O) groups is 2. The Kier molecular flexibility index (Phi) is 6.74. The minimum absolute atomic E-state index is 0.0426. The fraction of sp³-hybridized carbons (Fsp3) is 0.158. The van der Waals surface area contributed by atoms with Crippen molar-refractivity contribution in [3.63, 3.8) is 0 Å². The summed E-state index contributed by atoms with van der Waals surface area (Å²) in [7, 11) is 1.81. The second-order valence-electron chi connectivity index (χ2n) is 5.47. The highest BCUT2D eigenvalue weighted by Crippen LogP contribution is 2.19. The Labute approximate surface area is 155 Å². The number of carboxylic acid groups (broad SMARTS) is 1. The van der Waals surface area contributed by atoms with Gasteiger partial charge in [0.1, 0.15) is 11.9 Å². The van der Waals surface area contributed by atoms with Crippen molar-refractivity contribution in [3.05, 3.63) is 70.5 Å². The van der Waals surface area contributed by atoms with E-state index in [4.69, 9.17) is 11.6 Å². The van der Waals surface area contributed by atoms with E-state index in [1.165, 1.54) is 12.1 Å². The Morgan fingerprint density at radius 1 is 1.23 bits per heavy atom. The van der Waals surface area contributed by atoms with Gasteiger partial charge in [-0.2, -0.15) is 0 Å². The van der Waals surface area contributed by atoms with E-state index in [9.17, 15) is 19.1 Å². The topological polar surface area (TPSA) is 78.4 Å². The van der Waals surface area contributed by atoms with E-state index in [1.807, 2.05) is 31.3 Å². The molecule has 26 heavy (non-hydrogen) atoms. The quantitative estimate of drug-likeness (QED) is 0.686. The highest BCUT2D eigenvalue weighted by molar-refractivity contribution is 6.33. The van der Waals surface area contributed by atoms with E-state index in [1.54, 1.807) is 12.2 Å². The number of carbonyl (C=O) groups excluding carboxylic acids is 1. The lowest BCUT2D eigenvalue weighted by molar-refractivity contribution is -0.139. The summed E-state index contributed by atoms with van der Waals surface area (Å²) in [6, 6.07) is 10.1. The Bertz CT molecular complexity index is 802. The number of halogens is 2. The molecule has 3 N–H and O–H groups in total.